The van der Waals surface area contributed by atoms with E-state index in [2.05, 4.69) is 33.4 Å². The zero-order valence-corrected chi connectivity index (χ0v) is 8.21. The highest BCUT2D eigenvalue weighted by atomic mass is 16.5. The maximum Gasteiger partial charge on any atom is 0.121 e. The van der Waals surface area contributed by atoms with E-state index in [0.29, 0.717) is 5.92 Å². The Morgan fingerprint density at radius 3 is 2.83 bits per heavy atom. The molecule has 1 heteroatoms. The predicted octanol–water partition coefficient (Wildman–Crippen LogP) is 3.14. The minimum atomic E-state index is 0.256. The largest absolute Gasteiger partial charge is 0.494 e. The van der Waals surface area contributed by atoms with Crippen molar-refractivity contribution in [2.45, 2.75) is 33.3 Å². The molecule has 0 saturated carbocycles. The van der Waals surface area contributed by atoms with Crippen molar-refractivity contribution >= 4 is 0 Å². The van der Waals surface area contributed by atoms with Crippen LogP contribution in [0.3, 0.4) is 0 Å². The molecule has 0 fully saturated rings. The topological polar surface area (TPSA) is 9.23 Å². The Labute approximate surface area is 75.1 Å². The molecule has 0 aromatic carbocycles. The van der Waals surface area contributed by atoms with E-state index in [9.17, 15) is 0 Å². The number of hydrogen-bond acceptors (Lipinski definition) is 1. The molecule has 1 nitrogen and oxygen atoms in total. The van der Waals surface area contributed by atoms with Crippen molar-refractivity contribution in [1.82, 2.24) is 0 Å². The van der Waals surface area contributed by atoms with Gasteiger partial charge >= 0.3 is 0 Å². The van der Waals surface area contributed by atoms with Crippen LogP contribution in [0.4, 0.5) is 0 Å². The van der Waals surface area contributed by atoms with Gasteiger partial charge in [0.25, 0.3) is 0 Å². The van der Waals surface area contributed by atoms with Gasteiger partial charge in [-0.2, -0.15) is 0 Å². The summed E-state index contributed by atoms with van der Waals surface area (Å²) >= 11 is 0. The van der Waals surface area contributed by atoms with Crippen LogP contribution in [0.1, 0.15) is 27.2 Å². The third kappa shape index (κ3) is 1.71. The van der Waals surface area contributed by atoms with Gasteiger partial charge in [0.1, 0.15) is 6.10 Å². The van der Waals surface area contributed by atoms with Gasteiger partial charge in [-0.25, -0.2) is 0 Å². The molecule has 0 N–H and O–H groups in total. The molecule has 3 atom stereocenters. The normalized spacial score (nSPS) is 35.6. The van der Waals surface area contributed by atoms with Crippen LogP contribution in [0.15, 0.2) is 24.5 Å². The highest BCUT2D eigenvalue weighted by molar-refractivity contribution is 5.12. The third-order valence-corrected chi connectivity index (χ3v) is 2.88. The molecular formula is C11H18O. The van der Waals surface area contributed by atoms with Gasteiger partial charge < -0.3 is 4.74 Å². The van der Waals surface area contributed by atoms with E-state index in [1.807, 2.05) is 0 Å². The Hall–Kier alpha value is -0.720. The second-order valence-electron chi connectivity index (χ2n) is 3.74. The maximum absolute atomic E-state index is 5.47. The van der Waals surface area contributed by atoms with Gasteiger partial charge in [0, 0.05) is 0 Å². The van der Waals surface area contributed by atoms with Crippen molar-refractivity contribution in [2.75, 3.05) is 0 Å². The van der Waals surface area contributed by atoms with Crippen LogP contribution in [-0.2, 0) is 4.74 Å². The number of rotatable bonds is 2. The summed E-state index contributed by atoms with van der Waals surface area (Å²) in [5, 5.41) is 0. The molecule has 12 heavy (non-hydrogen) atoms. The zero-order valence-electron chi connectivity index (χ0n) is 8.21. The van der Waals surface area contributed by atoms with E-state index < -0.39 is 0 Å². The highest BCUT2D eigenvalue weighted by Crippen LogP contribution is 2.31. The first-order chi connectivity index (χ1) is 5.66. The molecule has 0 aromatic heterocycles. The van der Waals surface area contributed by atoms with Crippen molar-refractivity contribution in [1.29, 1.82) is 0 Å². The first-order valence-corrected chi connectivity index (χ1v) is 4.59. The fraction of sp³-hybridized carbons (Fsp3) is 0.636. The molecule has 1 rings (SSSR count). The lowest BCUT2D eigenvalue weighted by Crippen LogP contribution is -2.29. The molecule has 0 heterocycles. The van der Waals surface area contributed by atoms with E-state index in [-0.39, 0.29) is 6.10 Å². The Morgan fingerprint density at radius 1 is 1.58 bits per heavy atom. The Morgan fingerprint density at radius 2 is 2.25 bits per heavy atom. The molecular weight excluding hydrogens is 148 g/mol. The summed E-state index contributed by atoms with van der Waals surface area (Å²) in [6.07, 6.45) is 5.27. The lowest BCUT2D eigenvalue weighted by molar-refractivity contribution is 0.0898. The number of allylic oxidation sites excluding steroid dienone is 1. The summed E-state index contributed by atoms with van der Waals surface area (Å²) < 4.78 is 5.47. The second-order valence-corrected chi connectivity index (χ2v) is 3.74. The Kier molecular flexibility index (Phi) is 2.96. The molecule has 0 saturated heterocycles. The van der Waals surface area contributed by atoms with Gasteiger partial charge in [0.15, 0.2) is 0 Å². The molecule has 0 radical (unpaired) electrons. The van der Waals surface area contributed by atoms with Crippen LogP contribution in [0.25, 0.3) is 0 Å². The van der Waals surface area contributed by atoms with Crippen LogP contribution in [0.2, 0.25) is 0 Å². The van der Waals surface area contributed by atoms with Crippen LogP contribution in [-0.4, -0.2) is 6.10 Å². The van der Waals surface area contributed by atoms with Gasteiger partial charge in [-0.1, -0.05) is 26.5 Å². The zero-order chi connectivity index (χ0) is 9.14. The molecule has 0 unspecified atom stereocenters. The number of ether oxygens (including phenoxy) is 1. The molecule has 0 spiro atoms. The summed E-state index contributed by atoms with van der Waals surface area (Å²) in [5.74, 6) is 1.33. The van der Waals surface area contributed by atoms with Gasteiger partial charge in [-0.15, -0.1) is 0 Å². The molecule has 68 valence electrons. The fourth-order valence-corrected chi connectivity index (χ4v) is 1.75. The quantitative estimate of drug-likeness (QED) is 0.452. The summed E-state index contributed by atoms with van der Waals surface area (Å²) in [4.78, 5) is 0. The monoisotopic (exact) mass is 166 g/mol. The minimum Gasteiger partial charge on any atom is -0.494 e. The standard InChI is InChI=1S/C11H18O/c1-5-12-11-9(3)7-6-8(2)10(11)4/h5,7-8,10-11H,1,6H2,2-4H3/t8-,10-,11-/m0/s1. The Balaban J connectivity index is 2.72. The molecule has 0 aromatic rings. The smallest absolute Gasteiger partial charge is 0.121 e. The van der Waals surface area contributed by atoms with Crippen molar-refractivity contribution in [3.05, 3.63) is 24.5 Å². The van der Waals surface area contributed by atoms with E-state index in [1.165, 1.54) is 12.0 Å². The molecule has 0 amide bonds. The predicted molar refractivity (Wildman–Crippen MR) is 51.8 cm³/mol. The van der Waals surface area contributed by atoms with E-state index in [0.717, 1.165) is 5.92 Å². The van der Waals surface area contributed by atoms with E-state index >= 15 is 0 Å². The van der Waals surface area contributed by atoms with E-state index in [4.69, 9.17) is 4.74 Å². The first-order valence-electron chi connectivity index (χ1n) is 4.59. The SMILES string of the molecule is C=CO[C@H]1C(C)=CC[C@H](C)[C@@H]1C. The van der Waals surface area contributed by atoms with Crippen LogP contribution in [0.5, 0.6) is 0 Å². The molecule has 0 aliphatic heterocycles. The summed E-state index contributed by atoms with van der Waals surface area (Å²) in [7, 11) is 0. The third-order valence-electron chi connectivity index (χ3n) is 2.88. The molecule has 1 aliphatic carbocycles. The summed E-state index contributed by atoms with van der Waals surface area (Å²) in [6, 6.07) is 0. The van der Waals surface area contributed by atoms with Gasteiger partial charge in [0.2, 0.25) is 0 Å². The van der Waals surface area contributed by atoms with E-state index in [1.54, 1.807) is 6.26 Å². The molecule has 1 aliphatic rings. The summed E-state index contributed by atoms with van der Waals surface area (Å²) in [6.45, 7) is 10.3. The average molecular weight is 166 g/mol. The van der Waals surface area contributed by atoms with Crippen molar-refractivity contribution in [3.8, 4) is 0 Å². The van der Waals surface area contributed by atoms with Crippen LogP contribution < -0.4 is 0 Å². The lowest BCUT2D eigenvalue weighted by atomic mass is 9.80. The number of hydrogen-bond donors (Lipinski definition) is 0. The van der Waals surface area contributed by atoms with Crippen molar-refractivity contribution < 1.29 is 4.74 Å². The fourth-order valence-electron chi connectivity index (χ4n) is 1.75. The summed E-state index contributed by atoms with van der Waals surface area (Å²) in [5.41, 5.74) is 1.35. The lowest BCUT2D eigenvalue weighted by Gasteiger charge is -2.32. The average Bonchev–Trinajstić information content (AvgIpc) is 2.06. The van der Waals surface area contributed by atoms with Crippen molar-refractivity contribution in [2.24, 2.45) is 11.8 Å². The maximum atomic E-state index is 5.47. The second kappa shape index (κ2) is 3.79. The van der Waals surface area contributed by atoms with Gasteiger partial charge in [-0.3, -0.25) is 0 Å². The molecule has 0 bridgehead atoms. The minimum absolute atomic E-state index is 0.256. The first kappa shape index (κ1) is 9.37. The van der Waals surface area contributed by atoms with Crippen LogP contribution in [0, 0.1) is 11.8 Å². The van der Waals surface area contributed by atoms with Gasteiger partial charge in [-0.05, 0) is 30.8 Å². The Bertz CT molecular complexity index is 193. The van der Waals surface area contributed by atoms with Crippen molar-refractivity contribution in [3.63, 3.8) is 0 Å². The van der Waals surface area contributed by atoms with Crippen LogP contribution >= 0.6 is 0 Å². The highest BCUT2D eigenvalue weighted by Gasteiger charge is 2.27. The van der Waals surface area contributed by atoms with Gasteiger partial charge in [0.05, 0.1) is 6.26 Å².